The van der Waals surface area contributed by atoms with E-state index in [4.69, 9.17) is 0 Å². The van der Waals surface area contributed by atoms with Gasteiger partial charge in [-0.25, -0.2) is 0 Å². The number of carbonyl (C=O) groups excluding carboxylic acids is 1. The number of sulfonamides is 1. The molecule has 0 saturated heterocycles. The Kier molecular flexibility index (Phi) is 5.60. The van der Waals surface area contributed by atoms with E-state index in [1.165, 1.54) is 11.6 Å². The standard InChI is InChI=1S/C20H23N3O3S/c1-3-23(14-13-16-9-5-4-6-10-16)19(24)15-22(2)20-17-11-7-8-12-18(17)27(25,26)21-20/h4-12H,3,13-15H2,1-2H3. The van der Waals surface area contributed by atoms with Crippen molar-refractivity contribution in [1.29, 1.82) is 0 Å². The van der Waals surface area contributed by atoms with Gasteiger partial charge in [-0.15, -0.1) is 4.40 Å². The number of fused-ring (bicyclic) bond motifs is 1. The zero-order valence-electron chi connectivity index (χ0n) is 15.5. The molecule has 2 aromatic rings. The van der Waals surface area contributed by atoms with E-state index in [-0.39, 0.29) is 17.3 Å². The highest BCUT2D eigenvalue weighted by Gasteiger charge is 2.31. The zero-order chi connectivity index (χ0) is 19.4. The normalized spacial score (nSPS) is 14.4. The molecule has 1 amide bonds. The van der Waals surface area contributed by atoms with Gasteiger partial charge in [-0.05, 0) is 31.0 Å². The van der Waals surface area contributed by atoms with Crippen LogP contribution in [0.4, 0.5) is 0 Å². The molecule has 0 bridgehead atoms. The number of amides is 1. The van der Waals surface area contributed by atoms with Gasteiger partial charge in [0.05, 0.1) is 6.54 Å². The summed E-state index contributed by atoms with van der Waals surface area (Å²) < 4.78 is 28.3. The smallest absolute Gasteiger partial charge is 0.285 e. The fourth-order valence-electron chi connectivity index (χ4n) is 3.11. The fourth-order valence-corrected chi connectivity index (χ4v) is 4.36. The Bertz CT molecular complexity index is 955. The molecule has 1 heterocycles. The van der Waals surface area contributed by atoms with Gasteiger partial charge in [0.15, 0.2) is 5.84 Å². The lowest BCUT2D eigenvalue weighted by Gasteiger charge is -2.25. The van der Waals surface area contributed by atoms with Crippen molar-refractivity contribution in [3.8, 4) is 0 Å². The van der Waals surface area contributed by atoms with Crippen LogP contribution in [0.5, 0.6) is 0 Å². The van der Waals surface area contributed by atoms with Crippen molar-refractivity contribution < 1.29 is 13.2 Å². The van der Waals surface area contributed by atoms with Crippen LogP contribution in [-0.4, -0.2) is 56.6 Å². The van der Waals surface area contributed by atoms with Crippen LogP contribution < -0.4 is 0 Å². The third kappa shape index (κ3) is 4.19. The SMILES string of the molecule is CCN(CCc1ccccc1)C(=O)CN(C)C1=NS(=O)(=O)c2ccccc21. The largest absolute Gasteiger partial charge is 0.349 e. The minimum Gasteiger partial charge on any atom is -0.349 e. The molecule has 6 nitrogen and oxygen atoms in total. The number of rotatable bonds is 6. The summed E-state index contributed by atoms with van der Waals surface area (Å²) in [6, 6.07) is 16.7. The fraction of sp³-hybridized carbons (Fsp3) is 0.300. The van der Waals surface area contributed by atoms with Gasteiger partial charge in [-0.1, -0.05) is 42.5 Å². The maximum atomic E-state index is 12.7. The lowest BCUT2D eigenvalue weighted by molar-refractivity contribution is -0.131. The minimum atomic E-state index is -3.69. The Morgan fingerprint density at radius 3 is 2.41 bits per heavy atom. The third-order valence-corrected chi connectivity index (χ3v) is 5.92. The van der Waals surface area contributed by atoms with E-state index in [2.05, 4.69) is 4.40 Å². The molecular weight excluding hydrogens is 362 g/mol. The Morgan fingerprint density at radius 1 is 1.04 bits per heavy atom. The highest BCUT2D eigenvalue weighted by molar-refractivity contribution is 7.90. The van der Waals surface area contributed by atoms with Crippen LogP contribution in [0.2, 0.25) is 0 Å². The molecule has 0 saturated carbocycles. The highest BCUT2D eigenvalue weighted by Crippen LogP contribution is 2.26. The van der Waals surface area contributed by atoms with E-state index >= 15 is 0 Å². The summed E-state index contributed by atoms with van der Waals surface area (Å²) >= 11 is 0. The van der Waals surface area contributed by atoms with Crippen LogP contribution in [0.1, 0.15) is 18.1 Å². The van der Waals surface area contributed by atoms with Crippen LogP contribution in [0, 0.1) is 0 Å². The number of amidine groups is 1. The molecule has 27 heavy (non-hydrogen) atoms. The number of hydrogen-bond acceptors (Lipinski definition) is 4. The molecule has 0 aliphatic carbocycles. The van der Waals surface area contributed by atoms with Crippen molar-refractivity contribution in [3.05, 3.63) is 65.7 Å². The number of hydrogen-bond donors (Lipinski definition) is 0. The third-order valence-electron chi connectivity index (χ3n) is 4.59. The van der Waals surface area contributed by atoms with Crippen molar-refractivity contribution in [1.82, 2.24) is 9.80 Å². The molecule has 7 heteroatoms. The molecule has 0 N–H and O–H groups in total. The molecule has 0 unspecified atom stereocenters. The molecule has 0 fully saturated rings. The number of nitrogens with zero attached hydrogens (tertiary/aromatic N) is 3. The van der Waals surface area contributed by atoms with Crippen molar-refractivity contribution >= 4 is 21.8 Å². The van der Waals surface area contributed by atoms with Gasteiger partial charge in [0.1, 0.15) is 4.90 Å². The van der Waals surface area contributed by atoms with Gasteiger partial charge in [-0.3, -0.25) is 4.79 Å². The second kappa shape index (κ2) is 7.92. The average Bonchev–Trinajstić information content (AvgIpc) is 2.95. The van der Waals surface area contributed by atoms with Gasteiger partial charge in [-0.2, -0.15) is 8.42 Å². The van der Waals surface area contributed by atoms with Crippen LogP contribution in [0.15, 0.2) is 63.9 Å². The molecule has 2 aromatic carbocycles. The van der Waals surface area contributed by atoms with Crippen molar-refractivity contribution in [3.63, 3.8) is 0 Å². The topological polar surface area (TPSA) is 70.1 Å². The summed E-state index contributed by atoms with van der Waals surface area (Å²) in [5.41, 5.74) is 1.72. The Labute approximate surface area is 160 Å². The van der Waals surface area contributed by atoms with Gasteiger partial charge in [0.2, 0.25) is 5.91 Å². The Morgan fingerprint density at radius 2 is 1.70 bits per heavy atom. The molecular formula is C20H23N3O3S. The Hall–Kier alpha value is -2.67. The van der Waals surface area contributed by atoms with E-state index in [0.717, 1.165) is 6.42 Å². The second-order valence-corrected chi connectivity index (χ2v) is 8.02. The molecule has 0 atom stereocenters. The van der Waals surface area contributed by atoms with Crippen LogP contribution in [0.25, 0.3) is 0 Å². The lowest BCUT2D eigenvalue weighted by Crippen LogP contribution is -2.41. The molecule has 0 aromatic heterocycles. The van der Waals surface area contributed by atoms with E-state index in [1.54, 1.807) is 35.0 Å². The monoisotopic (exact) mass is 385 g/mol. The van der Waals surface area contributed by atoms with Crippen molar-refractivity contribution in [2.45, 2.75) is 18.2 Å². The highest BCUT2D eigenvalue weighted by atomic mass is 32.2. The predicted molar refractivity (Wildman–Crippen MR) is 105 cm³/mol. The average molecular weight is 385 g/mol. The number of carbonyl (C=O) groups is 1. The van der Waals surface area contributed by atoms with Gasteiger partial charge < -0.3 is 9.80 Å². The Balaban J connectivity index is 1.68. The molecule has 1 aliphatic heterocycles. The quantitative estimate of drug-likeness (QED) is 0.764. The first-order valence-electron chi connectivity index (χ1n) is 8.89. The summed E-state index contributed by atoms with van der Waals surface area (Å²) in [6.07, 6.45) is 0.780. The van der Waals surface area contributed by atoms with Crippen LogP contribution in [-0.2, 0) is 21.2 Å². The van der Waals surface area contributed by atoms with Gasteiger partial charge in [0, 0.05) is 25.7 Å². The van der Waals surface area contributed by atoms with Crippen molar-refractivity contribution in [2.75, 3.05) is 26.7 Å². The molecule has 3 rings (SSSR count). The van der Waals surface area contributed by atoms with E-state index < -0.39 is 10.0 Å². The van der Waals surface area contributed by atoms with Gasteiger partial charge >= 0.3 is 0 Å². The molecule has 1 aliphatic rings. The van der Waals surface area contributed by atoms with Crippen LogP contribution in [0.3, 0.4) is 0 Å². The predicted octanol–water partition coefficient (Wildman–Crippen LogP) is 2.16. The van der Waals surface area contributed by atoms with Gasteiger partial charge in [0.25, 0.3) is 10.0 Å². The summed E-state index contributed by atoms with van der Waals surface area (Å²) in [4.78, 5) is 16.3. The first kappa shape index (κ1) is 19.1. The van der Waals surface area contributed by atoms with Crippen LogP contribution >= 0.6 is 0 Å². The molecule has 142 valence electrons. The lowest BCUT2D eigenvalue weighted by atomic mass is 10.1. The summed E-state index contributed by atoms with van der Waals surface area (Å²) in [6.45, 7) is 3.23. The summed E-state index contributed by atoms with van der Waals surface area (Å²) in [5.74, 6) is 0.262. The minimum absolute atomic E-state index is 0.0552. The summed E-state index contributed by atoms with van der Waals surface area (Å²) in [7, 11) is -1.99. The number of benzene rings is 2. The van der Waals surface area contributed by atoms with E-state index in [0.29, 0.717) is 24.5 Å². The first-order valence-corrected chi connectivity index (χ1v) is 10.3. The second-order valence-electron chi connectivity index (χ2n) is 6.45. The zero-order valence-corrected chi connectivity index (χ0v) is 16.3. The maximum Gasteiger partial charge on any atom is 0.285 e. The first-order chi connectivity index (χ1) is 12.9. The molecule has 0 radical (unpaired) electrons. The van der Waals surface area contributed by atoms with E-state index in [9.17, 15) is 13.2 Å². The van der Waals surface area contributed by atoms with E-state index in [1.807, 2.05) is 37.3 Å². The maximum absolute atomic E-state index is 12.7. The molecule has 0 spiro atoms. The summed E-state index contributed by atoms with van der Waals surface area (Å²) in [5, 5.41) is 0. The number of likely N-dealkylation sites (N-methyl/N-ethyl adjacent to an activating group) is 2. The van der Waals surface area contributed by atoms with Crippen molar-refractivity contribution in [2.24, 2.45) is 4.40 Å².